The third-order valence-electron chi connectivity index (χ3n) is 2.94. The number of nitrogens with one attached hydrogen (secondary N) is 1. The first kappa shape index (κ1) is 15.4. The Morgan fingerprint density at radius 1 is 1.00 bits per heavy atom. The molecule has 5 heteroatoms. The Labute approximate surface area is 121 Å². The van der Waals surface area contributed by atoms with Crippen LogP contribution in [0.4, 0.5) is 13.2 Å². The van der Waals surface area contributed by atoms with Gasteiger partial charge in [-0.1, -0.05) is 24.3 Å². The monoisotopic (exact) mass is 295 g/mol. The van der Waals surface area contributed by atoms with Crippen molar-refractivity contribution < 1.29 is 17.9 Å². The zero-order valence-electron chi connectivity index (χ0n) is 11.6. The molecule has 0 aliphatic heterocycles. The van der Waals surface area contributed by atoms with Gasteiger partial charge in [-0.2, -0.15) is 13.2 Å². The van der Waals surface area contributed by atoms with E-state index in [9.17, 15) is 13.2 Å². The normalized spacial score (nSPS) is 11.4. The summed E-state index contributed by atoms with van der Waals surface area (Å²) in [6.45, 7) is 0.813. The number of alkyl halides is 3. The molecule has 2 rings (SSSR count). The standard InChI is InChI=1S/C16H16F3NO/c1-20-10-12-4-3-7-15(9-12)21-11-13-5-2-6-14(8-13)16(17,18)19/h2-9,20H,10-11H2,1H3. The van der Waals surface area contributed by atoms with Crippen LogP contribution in [0.15, 0.2) is 48.5 Å². The SMILES string of the molecule is CNCc1cccc(OCc2cccc(C(F)(F)F)c2)c1. The van der Waals surface area contributed by atoms with Crippen LogP contribution in [-0.4, -0.2) is 7.05 Å². The van der Waals surface area contributed by atoms with Gasteiger partial charge in [0.2, 0.25) is 0 Å². The van der Waals surface area contributed by atoms with Crippen molar-refractivity contribution in [2.75, 3.05) is 7.05 Å². The minimum atomic E-state index is -4.33. The van der Waals surface area contributed by atoms with Gasteiger partial charge in [-0.25, -0.2) is 0 Å². The minimum absolute atomic E-state index is 0.104. The Bertz CT molecular complexity index is 596. The molecule has 0 heterocycles. The summed E-state index contributed by atoms with van der Waals surface area (Å²) < 4.78 is 43.4. The lowest BCUT2D eigenvalue weighted by molar-refractivity contribution is -0.137. The number of rotatable bonds is 5. The van der Waals surface area contributed by atoms with Gasteiger partial charge in [-0.3, -0.25) is 0 Å². The molecule has 0 radical (unpaired) electrons. The van der Waals surface area contributed by atoms with Crippen LogP contribution in [0.2, 0.25) is 0 Å². The highest BCUT2D eigenvalue weighted by atomic mass is 19.4. The van der Waals surface area contributed by atoms with E-state index in [1.807, 2.05) is 25.2 Å². The van der Waals surface area contributed by atoms with Crippen molar-refractivity contribution in [1.29, 1.82) is 0 Å². The van der Waals surface area contributed by atoms with Crippen LogP contribution < -0.4 is 10.1 Å². The van der Waals surface area contributed by atoms with Crippen LogP contribution >= 0.6 is 0 Å². The molecule has 0 amide bonds. The van der Waals surface area contributed by atoms with Crippen LogP contribution in [0.1, 0.15) is 16.7 Å². The van der Waals surface area contributed by atoms with Crippen molar-refractivity contribution in [2.45, 2.75) is 19.3 Å². The Morgan fingerprint density at radius 3 is 2.43 bits per heavy atom. The number of halogens is 3. The first-order valence-corrected chi connectivity index (χ1v) is 6.51. The quantitative estimate of drug-likeness (QED) is 0.900. The summed E-state index contributed by atoms with van der Waals surface area (Å²) in [4.78, 5) is 0. The fourth-order valence-electron chi connectivity index (χ4n) is 1.95. The van der Waals surface area contributed by atoms with E-state index in [1.54, 1.807) is 12.1 Å². The summed E-state index contributed by atoms with van der Waals surface area (Å²) in [6, 6.07) is 12.6. The fraction of sp³-hybridized carbons (Fsp3) is 0.250. The molecular formula is C16H16F3NO. The summed E-state index contributed by atoms with van der Waals surface area (Å²) in [5.74, 6) is 0.639. The van der Waals surface area contributed by atoms with Crippen molar-refractivity contribution in [2.24, 2.45) is 0 Å². The van der Waals surface area contributed by atoms with Gasteiger partial charge >= 0.3 is 6.18 Å². The molecule has 0 aliphatic carbocycles. The van der Waals surface area contributed by atoms with Crippen molar-refractivity contribution in [1.82, 2.24) is 5.32 Å². The van der Waals surface area contributed by atoms with Crippen LogP contribution in [0.3, 0.4) is 0 Å². The number of ether oxygens (including phenoxy) is 1. The van der Waals surface area contributed by atoms with Gasteiger partial charge in [0.05, 0.1) is 5.56 Å². The predicted octanol–water partition coefficient (Wildman–Crippen LogP) is 4.00. The highest BCUT2D eigenvalue weighted by molar-refractivity contribution is 5.30. The van der Waals surface area contributed by atoms with E-state index in [4.69, 9.17) is 4.74 Å². The second-order valence-corrected chi connectivity index (χ2v) is 4.66. The van der Waals surface area contributed by atoms with Crippen LogP contribution in [0, 0.1) is 0 Å². The average molecular weight is 295 g/mol. The molecule has 0 spiro atoms. The molecule has 0 saturated heterocycles. The third kappa shape index (κ3) is 4.49. The molecule has 0 aromatic heterocycles. The zero-order valence-corrected chi connectivity index (χ0v) is 11.6. The first-order chi connectivity index (χ1) is 9.99. The van der Waals surface area contributed by atoms with Crippen molar-refractivity contribution in [3.8, 4) is 5.75 Å². The summed E-state index contributed by atoms with van der Waals surface area (Å²) in [5.41, 5.74) is 0.885. The van der Waals surface area contributed by atoms with E-state index in [0.29, 0.717) is 17.9 Å². The van der Waals surface area contributed by atoms with Gasteiger partial charge in [-0.05, 0) is 42.4 Å². The van der Waals surface area contributed by atoms with Crippen LogP contribution in [0.5, 0.6) is 5.75 Å². The molecule has 21 heavy (non-hydrogen) atoms. The molecule has 112 valence electrons. The lowest BCUT2D eigenvalue weighted by atomic mass is 10.1. The molecule has 2 aromatic rings. The van der Waals surface area contributed by atoms with E-state index in [-0.39, 0.29) is 6.61 Å². The molecule has 0 unspecified atom stereocenters. The maximum atomic E-state index is 12.6. The Hall–Kier alpha value is -2.01. The second-order valence-electron chi connectivity index (χ2n) is 4.66. The molecule has 0 aliphatic rings. The van der Waals surface area contributed by atoms with Crippen molar-refractivity contribution in [3.05, 3.63) is 65.2 Å². The minimum Gasteiger partial charge on any atom is -0.489 e. The maximum Gasteiger partial charge on any atom is 0.416 e. The highest BCUT2D eigenvalue weighted by Gasteiger charge is 2.30. The Balaban J connectivity index is 2.04. The molecule has 2 aromatic carbocycles. The van der Waals surface area contributed by atoms with Gasteiger partial charge in [0, 0.05) is 6.54 Å². The molecular weight excluding hydrogens is 279 g/mol. The van der Waals surface area contributed by atoms with Gasteiger partial charge in [0.15, 0.2) is 0 Å². The highest BCUT2D eigenvalue weighted by Crippen LogP contribution is 2.29. The number of benzene rings is 2. The summed E-state index contributed by atoms with van der Waals surface area (Å²) in [6.07, 6.45) is -4.33. The molecule has 0 atom stereocenters. The zero-order chi connectivity index (χ0) is 15.3. The summed E-state index contributed by atoms with van der Waals surface area (Å²) in [5, 5.41) is 3.03. The molecule has 0 saturated carbocycles. The molecule has 0 bridgehead atoms. The molecule has 1 N–H and O–H groups in total. The maximum absolute atomic E-state index is 12.6. The largest absolute Gasteiger partial charge is 0.489 e. The molecule has 0 fully saturated rings. The first-order valence-electron chi connectivity index (χ1n) is 6.51. The Kier molecular flexibility index (Phi) is 4.85. The van der Waals surface area contributed by atoms with Gasteiger partial charge in [0.25, 0.3) is 0 Å². The van der Waals surface area contributed by atoms with E-state index < -0.39 is 11.7 Å². The predicted molar refractivity (Wildman–Crippen MR) is 75.0 cm³/mol. The van der Waals surface area contributed by atoms with Gasteiger partial charge in [-0.15, -0.1) is 0 Å². The van der Waals surface area contributed by atoms with E-state index >= 15 is 0 Å². The number of hydrogen-bond donors (Lipinski definition) is 1. The molecule has 2 nitrogen and oxygen atoms in total. The fourth-order valence-corrected chi connectivity index (χ4v) is 1.95. The number of hydrogen-bond acceptors (Lipinski definition) is 2. The average Bonchev–Trinajstić information content (AvgIpc) is 2.45. The van der Waals surface area contributed by atoms with Gasteiger partial charge in [0.1, 0.15) is 12.4 Å². The Morgan fingerprint density at radius 2 is 1.71 bits per heavy atom. The lowest BCUT2D eigenvalue weighted by Gasteiger charge is -2.10. The second kappa shape index (κ2) is 6.63. The van der Waals surface area contributed by atoms with Crippen molar-refractivity contribution in [3.63, 3.8) is 0 Å². The summed E-state index contributed by atoms with van der Waals surface area (Å²) >= 11 is 0. The smallest absolute Gasteiger partial charge is 0.416 e. The topological polar surface area (TPSA) is 21.3 Å². The van der Waals surface area contributed by atoms with E-state index in [0.717, 1.165) is 17.7 Å². The third-order valence-corrected chi connectivity index (χ3v) is 2.94. The van der Waals surface area contributed by atoms with E-state index in [1.165, 1.54) is 6.07 Å². The van der Waals surface area contributed by atoms with Crippen molar-refractivity contribution >= 4 is 0 Å². The van der Waals surface area contributed by atoms with Gasteiger partial charge < -0.3 is 10.1 Å². The van der Waals surface area contributed by atoms with Crippen LogP contribution in [-0.2, 0) is 19.3 Å². The van der Waals surface area contributed by atoms with E-state index in [2.05, 4.69) is 5.32 Å². The van der Waals surface area contributed by atoms with Crippen LogP contribution in [0.25, 0.3) is 0 Å². The summed E-state index contributed by atoms with van der Waals surface area (Å²) in [7, 11) is 1.84. The lowest BCUT2D eigenvalue weighted by Crippen LogP contribution is -2.06.